The summed E-state index contributed by atoms with van der Waals surface area (Å²) in [6.45, 7) is 1.90. The maximum atomic E-state index is 11.9. The molecule has 2 aromatic rings. The van der Waals surface area contributed by atoms with E-state index in [0.29, 0.717) is 10.2 Å². The van der Waals surface area contributed by atoms with Crippen molar-refractivity contribution in [2.75, 3.05) is 11.6 Å². The van der Waals surface area contributed by atoms with Crippen molar-refractivity contribution in [3.63, 3.8) is 0 Å². The molecule has 1 amide bonds. The summed E-state index contributed by atoms with van der Waals surface area (Å²) in [6.07, 6.45) is 1.38. The molecular weight excluding hydrogens is 298 g/mol. The third-order valence-corrected chi connectivity index (χ3v) is 3.79. The maximum absolute atomic E-state index is 11.9. The maximum Gasteiger partial charge on any atom is 0.230 e. The van der Waals surface area contributed by atoms with Gasteiger partial charge in [0.2, 0.25) is 11.1 Å². The minimum atomic E-state index is -0.113. The van der Waals surface area contributed by atoms with Crippen LogP contribution < -0.4 is 11.2 Å². The zero-order valence-electron chi connectivity index (χ0n) is 10.8. The van der Waals surface area contributed by atoms with E-state index in [4.69, 9.17) is 17.4 Å². The number of amides is 1. The lowest BCUT2D eigenvalue weighted by atomic mass is 10.1. The SMILES string of the molecule is C[C@H](NC(=O)CSc1nncn1N)c1cccc(Cl)c1. The number of halogens is 1. The van der Waals surface area contributed by atoms with E-state index in [9.17, 15) is 4.79 Å². The number of carbonyl (C=O) groups excluding carboxylic acids is 1. The highest BCUT2D eigenvalue weighted by Gasteiger charge is 2.11. The van der Waals surface area contributed by atoms with Crippen molar-refractivity contribution in [3.8, 4) is 0 Å². The Hall–Kier alpha value is -1.73. The van der Waals surface area contributed by atoms with Crippen LogP contribution in [0.2, 0.25) is 5.02 Å². The van der Waals surface area contributed by atoms with Crippen molar-refractivity contribution in [2.45, 2.75) is 18.1 Å². The van der Waals surface area contributed by atoms with E-state index < -0.39 is 0 Å². The molecule has 0 saturated heterocycles. The van der Waals surface area contributed by atoms with Crippen LogP contribution in [0.25, 0.3) is 0 Å². The summed E-state index contributed by atoms with van der Waals surface area (Å²) in [5.41, 5.74) is 0.956. The van der Waals surface area contributed by atoms with Crippen molar-refractivity contribution >= 4 is 29.3 Å². The van der Waals surface area contributed by atoms with Gasteiger partial charge in [-0.3, -0.25) is 4.79 Å². The average molecular weight is 312 g/mol. The van der Waals surface area contributed by atoms with Crippen LogP contribution in [-0.4, -0.2) is 26.5 Å². The van der Waals surface area contributed by atoms with Crippen LogP contribution in [0.4, 0.5) is 0 Å². The van der Waals surface area contributed by atoms with Crippen molar-refractivity contribution < 1.29 is 4.79 Å². The Labute approximate surface area is 125 Å². The fourth-order valence-electron chi connectivity index (χ4n) is 1.61. The number of carbonyl (C=O) groups is 1. The fraction of sp³-hybridized carbons (Fsp3) is 0.250. The lowest BCUT2D eigenvalue weighted by Gasteiger charge is -2.14. The molecule has 0 aliphatic rings. The molecule has 2 rings (SSSR count). The highest BCUT2D eigenvalue weighted by molar-refractivity contribution is 7.99. The summed E-state index contributed by atoms with van der Waals surface area (Å²) in [7, 11) is 0. The first kappa shape index (κ1) is 14.7. The Balaban J connectivity index is 1.87. The number of benzene rings is 1. The van der Waals surface area contributed by atoms with Gasteiger partial charge in [0.15, 0.2) is 0 Å². The number of nitrogens with zero attached hydrogens (tertiary/aromatic N) is 3. The quantitative estimate of drug-likeness (QED) is 0.647. The van der Waals surface area contributed by atoms with Gasteiger partial charge < -0.3 is 11.2 Å². The van der Waals surface area contributed by atoms with Gasteiger partial charge in [0.25, 0.3) is 0 Å². The molecule has 1 heterocycles. The van der Waals surface area contributed by atoms with Crippen LogP contribution in [0.3, 0.4) is 0 Å². The van der Waals surface area contributed by atoms with Crippen LogP contribution >= 0.6 is 23.4 Å². The number of nitrogens with one attached hydrogen (secondary N) is 1. The molecule has 106 valence electrons. The van der Waals surface area contributed by atoms with Crippen molar-refractivity contribution in [3.05, 3.63) is 41.2 Å². The molecule has 0 saturated carbocycles. The number of nitrogen functional groups attached to an aromatic ring is 1. The van der Waals surface area contributed by atoms with Gasteiger partial charge in [0, 0.05) is 5.02 Å². The van der Waals surface area contributed by atoms with Crippen LogP contribution in [0.15, 0.2) is 35.7 Å². The lowest BCUT2D eigenvalue weighted by Crippen LogP contribution is -2.28. The Bertz CT molecular complexity index is 603. The molecule has 20 heavy (non-hydrogen) atoms. The predicted molar refractivity (Wildman–Crippen MR) is 78.9 cm³/mol. The minimum Gasteiger partial charge on any atom is -0.349 e. The highest BCUT2D eigenvalue weighted by atomic mass is 35.5. The molecule has 6 nitrogen and oxygen atoms in total. The number of aromatic nitrogens is 3. The van der Waals surface area contributed by atoms with Gasteiger partial charge in [-0.25, -0.2) is 4.68 Å². The second-order valence-corrected chi connectivity index (χ2v) is 5.53. The number of hydrogen-bond acceptors (Lipinski definition) is 5. The third-order valence-electron chi connectivity index (χ3n) is 2.60. The van der Waals surface area contributed by atoms with E-state index >= 15 is 0 Å². The van der Waals surface area contributed by atoms with E-state index in [2.05, 4.69) is 15.5 Å². The summed E-state index contributed by atoms with van der Waals surface area (Å²) in [5.74, 6) is 5.68. The van der Waals surface area contributed by atoms with Crippen molar-refractivity contribution in [1.82, 2.24) is 20.2 Å². The van der Waals surface area contributed by atoms with Crippen LogP contribution in [0, 0.1) is 0 Å². The van der Waals surface area contributed by atoms with E-state index in [1.165, 1.54) is 22.8 Å². The van der Waals surface area contributed by atoms with E-state index in [1.54, 1.807) is 6.07 Å². The second-order valence-electron chi connectivity index (χ2n) is 4.15. The monoisotopic (exact) mass is 311 g/mol. The first-order valence-corrected chi connectivity index (χ1v) is 7.25. The molecule has 0 bridgehead atoms. The molecule has 0 unspecified atom stereocenters. The van der Waals surface area contributed by atoms with Crippen LogP contribution in [0.1, 0.15) is 18.5 Å². The van der Waals surface area contributed by atoms with E-state index in [1.807, 2.05) is 25.1 Å². The molecule has 0 aliphatic carbocycles. The van der Waals surface area contributed by atoms with Gasteiger partial charge in [-0.05, 0) is 24.6 Å². The first-order valence-electron chi connectivity index (χ1n) is 5.89. The van der Waals surface area contributed by atoms with Gasteiger partial charge in [-0.2, -0.15) is 0 Å². The van der Waals surface area contributed by atoms with Gasteiger partial charge in [0.05, 0.1) is 11.8 Å². The third kappa shape index (κ3) is 3.88. The van der Waals surface area contributed by atoms with Gasteiger partial charge in [0.1, 0.15) is 6.33 Å². The molecule has 1 aromatic carbocycles. The zero-order chi connectivity index (χ0) is 14.5. The molecule has 0 fully saturated rings. The molecule has 1 atom stereocenters. The van der Waals surface area contributed by atoms with E-state index in [-0.39, 0.29) is 17.7 Å². The van der Waals surface area contributed by atoms with Gasteiger partial charge in [-0.15, -0.1) is 10.2 Å². The zero-order valence-corrected chi connectivity index (χ0v) is 12.4. The molecule has 8 heteroatoms. The normalized spacial score (nSPS) is 12.1. The van der Waals surface area contributed by atoms with Crippen LogP contribution in [-0.2, 0) is 4.79 Å². The molecular formula is C12H14ClN5OS. The number of hydrogen-bond donors (Lipinski definition) is 2. The Kier molecular flexibility index (Phi) is 4.86. The summed E-state index contributed by atoms with van der Waals surface area (Å²) >= 11 is 7.15. The average Bonchev–Trinajstić information content (AvgIpc) is 2.82. The largest absolute Gasteiger partial charge is 0.349 e. The Morgan fingerprint density at radius 3 is 3.05 bits per heavy atom. The minimum absolute atomic E-state index is 0.106. The molecule has 3 N–H and O–H groups in total. The Morgan fingerprint density at radius 1 is 1.60 bits per heavy atom. The number of rotatable bonds is 5. The molecule has 1 aromatic heterocycles. The summed E-state index contributed by atoms with van der Waals surface area (Å²) in [4.78, 5) is 11.9. The number of thioether (sulfide) groups is 1. The van der Waals surface area contributed by atoms with Crippen molar-refractivity contribution in [2.24, 2.45) is 0 Å². The van der Waals surface area contributed by atoms with E-state index in [0.717, 1.165) is 5.56 Å². The van der Waals surface area contributed by atoms with Gasteiger partial charge >= 0.3 is 0 Å². The smallest absolute Gasteiger partial charge is 0.230 e. The summed E-state index contributed by atoms with van der Waals surface area (Å²) < 4.78 is 1.28. The van der Waals surface area contributed by atoms with Gasteiger partial charge in [-0.1, -0.05) is 35.5 Å². The molecule has 0 aliphatic heterocycles. The van der Waals surface area contributed by atoms with Crippen molar-refractivity contribution in [1.29, 1.82) is 0 Å². The second kappa shape index (κ2) is 6.62. The summed E-state index contributed by atoms with van der Waals surface area (Å²) in [6, 6.07) is 7.28. The van der Waals surface area contributed by atoms with Crippen LogP contribution in [0.5, 0.6) is 0 Å². The summed E-state index contributed by atoms with van der Waals surface area (Å²) in [5, 5.41) is 11.5. The fourth-order valence-corrected chi connectivity index (χ4v) is 2.45. The standard InChI is InChI=1S/C12H14ClN5OS/c1-8(9-3-2-4-10(13)5-9)16-11(19)6-20-12-17-15-7-18(12)14/h2-5,7-8H,6,14H2,1H3,(H,16,19)/t8-/m0/s1. The molecule has 0 radical (unpaired) electrons. The molecule has 0 spiro atoms. The topological polar surface area (TPSA) is 85.8 Å². The Morgan fingerprint density at radius 2 is 2.40 bits per heavy atom. The first-order chi connectivity index (χ1) is 9.56. The highest BCUT2D eigenvalue weighted by Crippen LogP contribution is 2.18. The predicted octanol–water partition coefficient (Wildman–Crippen LogP) is 1.61. The number of nitrogens with two attached hydrogens (primary N) is 1. The lowest BCUT2D eigenvalue weighted by molar-refractivity contribution is -0.119.